The summed E-state index contributed by atoms with van der Waals surface area (Å²) in [7, 11) is 0. The molecular weight excluding hydrogens is 358 g/mol. The van der Waals surface area contributed by atoms with Gasteiger partial charge in [0.2, 0.25) is 0 Å². The Morgan fingerprint density at radius 1 is 1.73 bits per heavy atom. The number of rotatable bonds is 1. The van der Waals surface area contributed by atoms with Crippen molar-refractivity contribution in [3.05, 3.63) is 16.0 Å². The van der Waals surface area contributed by atoms with Crippen LogP contribution in [0.5, 0.6) is 0 Å². The zero-order valence-electron chi connectivity index (χ0n) is 5.21. The van der Waals surface area contributed by atoms with Gasteiger partial charge in [-0.15, -0.1) is 11.3 Å². The zero-order valence-corrected chi connectivity index (χ0v) is 10.8. The molecule has 0 aliphatic heterocycles. The van der Waals surface area contributed by atoms with Gasteiger partial charge in [0.1, 0.15) is 4.83 Å². The molecule has 11 heavy (non-hydrogen) atoms. The first-order chi connectivity index (χ1) is 5.31. The molecule has 0 fully saturated rings. The molecule has 1 atom stereocenters. The second kappa shape index (κ2) is 3.28. The monoisotopic (exact) mass is 360 g/mol. The number of nitrogens with zero attached hydrogens (tertiary/aromatic N) is 2. The highest BCUT2D eigenvalue weighted by Crippen LogP contribution is 2.35. The molecule has 0 saturated heterocycles. The predicted octanol–water partition coefficient (Wildman–Crippen LogP) is 3.65. The third-order valence-corrected chi connectivity index (χ3v) is 4.96. The summed E-state index contributed by atoms with van der Waals surface area (Å²) in [6.45, 7) is 0. The summed E-state index contributed by atoms with van der Waals surface area (Å²) in [5, 5.41) is 5.45. The van der Waals surface area contributed by atoms with E-state index in [-0.39, 0.29) is 0 Å². The van der Waals surface area contributed by atoms with Crippen LogP contribution in [-0.4, -0.2) is 9.55 Å². The second-order valence-corrected chi connectivity index (χ2v) is 6.40. The average molecular weight is 361 g/mol. The number of hydrogen-bond donors (Lipinski definition) is 0. The lowest BCUT2D eigenvalue weighted by molar-refractivity contribution is 1.05. The zero-order chi connectivity index (χ0) is 7.84. The summed E-state index contributed by atoms with van der Waals surface area (Å²) in [5.41, 5.74) is 0. The van der Waals surface area contributed by atoms with Gasteiger partial charge in [0.15, 0.2) is 0 Å². The fourth-order valence-corrected chi connectivity index (χ4v) is 4.47. The molecule has 0 N–H and O–H groups in total. The molecule has 0 saturated carbocycles. The normalized spacial score (nSPS) is 12.2. The summed E-state index contributed by atoms with van der Waals surface area (Å²) in [6, 6.07) is 2.10. The van der Waals surface area contributed by atoms with Crippen LogP contribution in [0.3, 0.4) is 0 Å². The molecule has 2 nitrogen and oxygen atoms in total. The quantitative estimate of drug-likeness (QED) is 0.560. The second-order valence-electron chi connectivity index (χ2n) is 1.95. The van der Waals surface area contributed by atoms with Crippen molar-refractivity contribution in [3.63, 3.8) is 0 Å². The molecule has 2 aromatic rings. The van der Waals surface area contributed by atoms with Crippen molar-refractivity contribution in [2.24, 2.45) is 0 Å². The van der Waals surface area contributed by atoms with E-state index in [2.05, 4.69) is 49.1 Å². The Morgan fingerprint density at radius 2 is 2.55 bits per heavy atom. The molecule has 0 aromatic carbocycles. The largest absolute Gasteiger partial charge is 0.227 e. The Balaban J connectivity index is 2.73. The number of thiophene rings is 1. The molecule has 58 valence electrons. The summed E-state index contributed by atoms with van der Waals surface area (Å²) in [4.78, 5) is 1.25. The lowest BCUT2D eigenvalue weighted by atomic mass is 10.5. The third kappa shape index (κ3) is 1.48. The van der Waals surface area contributed by atoms with Crippen LogP contribution < -0.4 is 0 Å². The lowest BCUT2D eigenvalue weighted by Gasteiger charge is -1.90. The first-order valence-electron chi connectivity index (χ1n) is 2.81. The topological polar surface area (TPSA) is 17.8 Å². The highest BCUT2D eigenvalue weighted by atomic mass is 127. The fourth-order valence-electron chi connectivity index (χ4n) is 0.855. The van der Waals surface area contributed by atoms with E-state index in [1.54, 1.807) is 11.3 Å². The third-order valence-electron chi connectivity index (χ3n) is 1.29. The van der Waals surface area contributed by atoms with Crippen LogP contribution in [0.2, 0.25) is 0 Å². The van der Waals surface area contributed by atoms with Crippen molar-refractivity contribution in [2.75, 3.05) is 0 Å². The van der Waals surface area contributed by atoms with E-state index in [9.17, 15) is 0 Å². The van der Waals surface area contributed by atoms with Crippen molar-refractivity contribution in [1.82, 2.24) is 9.55 Å². The smallest absolute Gasteiger partial charge is 0.127 e. The molecule has 0 radical (unpaired) electrons. The molecule has 0 amide bonds. The molecule has 2 rings (SSSR count). The van der Waals surface area contributed by atoms with Crippen LogP contribution in [0, 0.1) is 0 Å². The lowest BCUT2D eigenvalue weighted by Crippen LogP contribution is -1.77. The van der Waals surface area contributed by atoms with Gasteiger partial charge in [-0.3, -0.25) is 0 Å². The summed E-state index contributed by atoms with van der Waals surface area (Å²) >= 11 is 7.50. The van der Waals surface area contributed by atoms with E-state index in [0.29, 0.717) is 6.37 Å². The molecule has 2 heterocycles. The van der Waals surface area contributed by atoms with Crippen LogP contribution >= 0.6 is 55.7 Å². The van der Waals surface area contributed by atoms with Gasteiger partial charge < -0.3 is 0 Å². The highest BCUT2D eigenvalue weighted by Gasteiger charge is 2.04. The van der Waals surface area contributed by atoms with Crippen LogP contribution in [-0.2, 0) is 0 Å². The van der Waals surface area contributed by atoms with E-state index < -0.39 is 0 Å². The van der Waals surface area contributed by atoms with Crippen LogP contribution in [0.1, 0.15) is 0 Å². The van der Waals surface area contributed by atoms with E-state index in [1.807, 2.05) is 10.6 Å². The van der Waals surface area contributed by atoms with Crippen LogP contribution in [0.15, 0.2) is 16.0 Å². The number of hydrogen-bond acceptors (Lipinski definition) is 2. The van der Waals surface area contributed by atoms with Gasteiger partial charge in [-0.1, -0.05) is 0 Å². The van der Waals surface area contributed by atoms with E-state index in [4.69, 9.17) is 0 Å². The van der Waals surface area contributed by atoms with Gasteiger partial charge in [-0.25, -0.2) is 4.45 Å². The van der Waals surface area contributed by atoms with E-state index in [0.717, 1.165) is 0 Å². The minimum absolute atomic E-state index is 0.687. The average Bonchev–Trinajstić information content (AvgIpc) is 2.45. The molecule has 2 aromatic heterocycles. The van der Waals surface area contributed by atoms with Crippen molar-refractivity contribution < 1.29 is 0 Å². The van der Waals surface area contributed by atoms with Gasteiger partial charge in [-0.05, 0) is 44.0 Å². The fraction of sp³-hybridized carbons (Fsp3) is 0. The Morgan fingerprint density at radius 3 is 3.27 bits per heavy atom. The van der Waals surface area contributed by atoms with E-state index >= 15 is 0 Å². The molecule has 0 bridgehead atoms. The number of halogens is 2. The molecule has 0 aliphatic rings. The maximum absolute atomic E-state index is 4.23. The summed E-state index contributed by atoms with van der Waals surface area (Å²) in [5.74, 6) is 0. The molecule has 0 spiro atoms. The summed E-state index contributed by atoms with van der Waals surface area (Å²) < 4.78 is 3.19. The SMILES string of the molecule is Brc1cc2cnn(PI)c2s1. The van der Waals surface area contributed by atoms with Gasteiger partial charge >= 0.3 is 0 Å². The van der Waals surface area contributed by atoms with Gasteiger partial charge in [-0.2, -0.15) is 5.10 Å². The van der Waals surface area contributed by atoms with Crippen LogP contribution in [0.4, 0.5) is 0 Å². The maximum atomic E-state index is 4.23. The first kappa shape index (κ1) is 8.41. The van der Waals surface area contributed by atoms with Gasteiger partial charge in [0.25, 0.3) is 0 Å². The number of fused-ring (bicyclic) bond motifs is 1. The molecular formula is C5H3BrIN2PS. The summed E-state index contributed by atoms with van der Waals surface area (Å²) in [6.07, 6.45) is 2.59. The standard InChI is InChI=1S/C5H3BrIN2PS/c6-4-1-3-2-8-9(10-7)5(3)11-4/h1-2,10H. The van der Waals surface area contributed by atoms with Crippen LogP contribution in [0.25, 0.3) is 10.2 Å². The van der Waals surface area contributed by atoms with E-state index in [1.165, 1.54) is 14.0 Å². The van der Waals surface area contributed by atoms with Crippen molar-refractivity contribution in [1.29, 1.82) is 0 Å². The Kier molecular flexibility index (Phi) is 2.51. The first-order valence-corrected chi connectivity index (χ1v) is 8.48. The highest BCUT2D eigenvalue weighted by molar-refractivity contribution is 14.2. The van der Waals surface area contributed by atoms with Crippen molar-refractivity contribution in [2.45, 2.75) is 0 Å². The van der Waals surface area contributed by atoms with Gasteiger partial charge in [0.05, 0.1) is 16.4 Å². The Bertz CT molecular complexity index is 385. The Hall–Kier alpha value is 0.810. The predicted molar refractivity (Wildman–Crippen MR) is 63.0 cm³/mol. The molecule has 6 heteroatoms. The Labute approximate surface area is 90.8 Å². The van der Waals surface area contributed by atoms with Crippen molar-refractivity contribution >= 4 is 65.9 Å². The minimum Gasteiger partial charge on any atom is -0.227 e. The minimum atomic E-state index is 0.687. The maximum Gasteiger partial charge on any atom is 0.127 e. The van der Waals surface area contributed by atoms with Gasteiger partial charge in [0, 0.05) is 5.39 Å². The molecule has 1 unspecified atom stereocenters. The molecule has 0 aliphatic carbocycles. The van der Waals surface area contributed by atoms with Crippen molar-refractivity contribution in [3.8, 4) is 0 Å². The number of aromatic nitrogens is 2.